The van der Waals surface area contributed by atoms with Crippen LogP contribution in [0.4, 0.5) is 0 Å². The van der Waals surface area contributed by atoms with Crippen LogP contribution in [-0.2, 0) is 16.8 Å². The van der Waals surface area contributed by atoms with Crippen LogP contribution < -0.4 is 16.0 Å². The van der Waals surface area contributed by atoms with Crippen molar-refractivity contribution in [3.05, 3.63) is 35.4 Å². The number of benzene rings is 1. The molecule has 1 aromatic rings. The van der Waals surface area contributed by atoms with Gasteiger partial charge in [0.2, 0.25) is 5.91 Å². The number of halogens is 1. The largest absolute Gasteiger partial charge is 0.357 e. The summed E-state index contributed by atoms with van der Waals surface area (Å²) in [5.74, 6) is 0.596. The second-order valence-electron chi connectivity index (χ2n) is 8.29. The van der Waals surface area contributed by atoms with Crippen molar-refractivity contribution in [1.82, 2.24) is 16.0 Å². The van der Waals surface area contributed by atoms with Crippen molar-refractivity contribution in [2.75, 3.05) is 13.1 Å². The fourth-order valence-corrected chi connectivity index (χ4v) is 2.25. The molecule has 3 N–H and O–H groups in total. The van der Waals surface area contributed by atoms with Crippen molar-refractivity contribution in [3.63, 3.8) is 0 Å². The third-order valence-corrected chi connectivity index (χ3v) is 3.51. The fourth-order valence-electron chi connectivity index (χ4n) is 2.25. The smallest absolute Gasteiger partial charge is 0.239 e. The van der Waals surface area contributed by atoms with E-state index in [0.29, 0.717) is 12.5 Å². The molecule has 0 aliphatic carbocycles. The number of aliphatic imine (C=N–C) groups is 1. The molecule has 0 fully saturated rings. The summed E-state index contributed by atoms with van der Waals surface area (Å²) < 4.78 is 0. The summed E-state index contributed by atoms with van der Waals surface area (Å²) in [6.07, 6.45) is 0. The van der Waals surface area contributed by atoms with Gasteiger partial charge < -0.3 is 16.0 Å². The highest BCUT2D eigenvalue weighted by Gasteiger charge is 2.14. The quantitative estimate of drug-likeness (QED) is 0.347. The number of amides is 1. The Balaban J connectivity index is 0.00000625. The van der Waals surface area contributed by atoms with Gasteiger partial charge in [0.05, 0.1) is 13.1 Å². The van der Waals surface area contributed by atoms with Crippen LogP contribution in [0.2, 0.25) is 0 Å². The van der Waals surface area contributed by atoms with E-state index in [4.69, 9.17) is 0 Å². The maximum atomic E-state index is 11.9. The minimum atomic E-state index is -0.233. The average molecular weight is 474 g/mol. The maximum absolute atomic E-state index is 11.9. The summed E-state index contributed by atoms with van der Waals surface area (Å²) in [5.41, 5.74) is 2.37. The molecule has 0 aliphatic rings. The van der Waals surface area contributed by atoms with Crippen LogP contribution in [0.3, 0.4) is 0 Å². The number of hydrogen-bond acceptors (Lipinski definition) is 2. The van der Waals surface area contributed by atoms with E-state index in [-0.39, 0.29) is 47.4 Å². The second-order valence-corrected chi connectivity index (χ2v) is 8.29. The first kappa shape index (κ1) is 24.7. The first-order valence-corrected chi connectivity index (χ1v) is 8.94. The number of carbonyl (C=O) groups is 1. The molecule has 1 rings (SSSR count). The van der Waals surface area contributed by atoms with Gasteiger partial charge in [-0.2, -0.15) is 0 Å². The van der Waals surface area contributed by atoms with E-state index in [0.717, 1.165) is 12.1 Å². The summed E-state index contributed by atoms with van der Waals surface area (Å²) in [7, 11) is 0. The summed E-state index contributed by atoms with van der Waals surface area (Å²) in [6, 6.07) is 8.53. The fraction of sp³-hybridized carbons (Fsp3) is 0.600. The van der Waals surface area contributed by atoms with Gasteiger partial charge in [-0.1, -0.05) is 45.0 Å². The highest BCUT2D eigenvalue weighted by atomic mass is 127. The van der Waals surface area contributed by atoms with Gasteiger partial charge in [-0.05, 0) is 44.2 Å². The Hall–Kier alpha value is -1.31. The van der Waals surface area contributed by atoms with Gasteiger partial charge >= 0.3 is 0 Å². The Labute approximate surface area is 175 Å². The molecule has 0 spiro atoms. The third-order valence-electron chi connectivity index (χ3n) is 3.51. The molecule has 0 aromatic heterocycles. The summed E-state index contributed by atoms with van der Waals surface area (Å²) >= 11 is 0. The number of guanidine groups is 1. The monoisotopic (exact) mass is 474 g/mol. The van der Waals surface area contributed by atoms with Crippen LogP contribution in [0.1, 0.15) is 59.6 Å². The molecule has 0 heterocycles. The zero-order chi connectivity index (χ0) is 19.1. The van der Waals surface area contributed by atoms with Gasteiger partial charge in [0.1, 0.15) is 0 Å². The predicted molar refractivity (Wildman–Crippen MR) is 121 cm³/mol. The zero-order valence-electron chi connectivity index (χ0n) is 17.2. The zero-order valence-corrected chi connectivity index (χ0v) is 19.5. The lowest BCUT2D eigenvalue weighted by molar-refractivity contribution is -0.121. The normalized spacial score (nSPS) is 12.2. The molecule has 0 bridgehead atoms. The number of nitrogens with one attached hydrogen (secondary N) is 3. The Morgan fingerprint density at radius 1 is 1.00 bits per heavy atom. The van der Waals surface area contributed by atoms with E-state index in [1.54, 1.807) is 0 Å². The molecule has 0 atom stereocenters. The van der Waals surface area contributed by atoms with Crippen molar-refractivity contribution >= 4 is 35.8 Å². The minimum Gasteiger partial charge on any atom is -0.357 e. The molecule has 6 heteroatoms. The molecule has 148 valence electrons. The molecule has 0 saturated heterocycles. The highest BCUT2D eigenvalue weighted by Crippen LogP contribution is 2.22. The number of carbonyl (C=O) groups excluding carboxylic acids is 1. The van der Waals surface area contributed by atoms with Crippen molar-refractivity contribution < 1.29 is 4.79 Å². The number of nitrogens with zero attached hydrogens (tertiary/aromatic N) is 1. The molecule has 1 aromatic carbocycles. The SMILES string of the molecule is CCNC(=NCc1ccc(C(C)(C)C)cc1)NCC(=O)NC(C)(C)C.I. The lowest BCUT2D eigenvalue weighted by Crippen LogP contribution is -2.48. The first-order valence-electron chi connectivity index (χ1n) is 8.94. The topological polar surface area (TPSA) is 65.5 Å². The third kappa shape index (κ3) is 9.99. The average Bonchev–Trinajstić information content (AvgIpc) is 2.48. The summed E-state index contributed by atoms with van der Waals surface area (Å²) in [5, 5.41) is 9.17. The lowest BCUT2D eigenvalue weighted by atomic mass is 9.87. The number of rotatable bonds is 5. The molecule has 5 nitrogen and oxygen atoms in total. The van der Waals surface area contributed by atoms with Crippen LogP contribution >= 0.6 is 24.0 Å². The molecule has 0 aliphatic heterocycles. The first-order chi connectivity index (χ1) is 11.5. The molecule has 0 unspecified atom stereocenters. The van der Waals surface area contributed by atoms with E-state index < -0.39 is 0 Å². The van der Waals surface area contributed by atoms with Gasteiger partial charge in [0.15, 0.2) is 5.96 Å². The van der Waals surface area contributed by atoms with Gasteiger partial charge in [-0.15, -0.1) is 24.0 Å². The van der Waals surface area contributed by atoms with E-state index in [1.165, 1.54) is 5.56 Å². The summed E-state index contributed by atoms with van der Waals surface area (Å²) in [4.78, 5) is 16.5. The van der Waals surface area contributed by atoms with Crippen molar-refractivity contribution in [1.29, 1.82) is 0 Å². The van der Waals surface area contributed by atoms with E-state index in [2.05, 4.69) is 66.0 Å². The summed E-state index contributed by atoms with van der Waals surface area (Å²) in [6.45, 7) is 16.0. The van der Waals surface area contributed by atoms with Crippen LogP contribution in [0.25, 0.3) is 0 Å². The van der Waals surface area contributed by atoms with Crippen LogP contribution in [0.15, 0.2) is 29.3 Å². The Bertz CT molecular complexity index is 583. The minimum absolute atomic E-state index is 0. The number of hydrogen-bond donors (Lipinski definition) is 3. The maximum Gasteiger partial charge on any atom is 0.239 e. The Kier molecular flexibility index (Phi) is 10.2. The predicted octanol–water partition coefficient (Wildman–Crippen LogP) is 3.57. The second kappa shape index (κ2) is 10.7. The Morgan fingerprint density at radius 2 is 1.58 bits per heavy atom. The standard InChI is InChI=1S/C20H34N4O.HI/c1-8-21-18(23-14-17(25)24-20(5,6)7)22-13-15-9-11-16(12-10-15)19(2,3)4;/h9-12H,8,13-14H2,1-7H3,(H,24,25)(H2,21,22,23);1H. The van der Waals surface area contributed by atoms with Crippen molar-refractivity contribution in [2.24, 2.45) is 4.99 Å². The van der Waals surface area contributed by atoms with Crippen molar-refractivity contribution in [2.45, 2.75) is 66.0 Å². The van der Waals surface area contributed by atoms with E-state index >= 15 is 0 Å². The van der Waals surface area contributed by atoms with E-state index in [9.17, 15) is 4.79 Å². The van der Waals surface area contributed by atoms with Gasteiger partial charge in [-0.25, -0.2) is 4.99 Å². The molecule has 0 radical (unpaired) electrons. The van der Waals surface area contributed by atoms with Gasteiger partial charge in [-0.3, -0.25) is 4.79 Å². The molecular formula is C20H35IN4O. The van der Waals surface area contributed by atoms with Gasteiger partial charge in [0, 0.05) is 12.1 Å². The van der Waals surface area contributed by atoms with Crippen LogP contribution in [0.5, 0.6) is 0 Å². The molecule has 1 amide bonds. The molecule has 0 saturated carbocycles. The van der Waals surface area contributed by atoms with Crippen molar-refractivity contribution in [3.8, 4) is 0 Å². The van der Waals surface area contributed by atoms with Crippen LogP contribution in [0, 0.1) is 0 Å². The van der Waals surface area contributed by atoms with Crippen LogP contribution in [-0.4, -0.2) is 30.5 Å². The molecule has 26 heavy (non-hydrogen) atoms. The lowest BCUT2D eigenvalue weighted by Gasteiger charge is -2.21. The highest BCUT2D eigenvalue weighted by molar-refractivity contribution is 14.0. The Morgan fingerprint density at radius 3 is 2.04 bits per heavy atom. The van der Waals surface area contributed by atoms with E-state index in [1.807, 2.05) is 27.7 Å². The molecular weight excluding hydrogens is 439 g/mol. The van der Waals surface area contributed by atoms with Gasteiger partial charge in [0.25, 0.3) is 0 Å².